The van der Waals surface area contributed by atoms with E-state index in [0.29, 0.717) is 49.1 Å². The third kappa shape index (κ3) is 5.15. The van der Waals surface area contributed by atoms with E-state index in [9.17, 15) is 18.0 Å². The third-order valence-corrected chi connectivity index (χ3v) is 9.88. The van der Waals surface area contributed by atoms with Gasteiger partial charge in [-0.1, -0.05) is 0 Å². The van der Waals surface area contributed by atoms with Crippen molar-refractivity contribution in [2.75, 3.05) is 45.3 Å². The van der Waals surface area contributed by atoms with E-state index in [0.717, 1.165) is 55.5 Å². The number of amides is 2. The van der Waals surface area contributed by atoms with Crippen molar-refractivity contribution in [2.45, 2.75) is 52.0 Å². The predicted molar refractivity (Wildman–Crippen MR) is 140 cm³/mol. The number of carbonyl (C=O) groups excluding carboxylic acids is 2. The monoisotopic (exact) mass is 531 g/mol. The normalized spacial score (nSPS) is 20.9. The highest BCUT2D eigenvalue weighted by Crippen LogP contribution is 2.40. The summed E-state index contributed by atoms with van der Waals surface area (Å²) in [5.41, 5.74) is 3.02. The van der Waals surface area contributed by atoms with Crippen molar-refractivity contribution >= 4 is 32.7 Å². The average molecular weight is 532 g/mol. The number of nitrogens with zero attached hydrogens (tertiary/aromatic N) is 2. The Morgan fingerprint density at radius 3 is 2.49 bits per heavy atom. The minimum Gasteiger partial charge on any atom is -0.381 e. The van der Waals surface area contributed by atoms with Crippen LogP contribution in [-0.4, -0.2) is 80.4 Å². The van der Waals surface area contributed by atoms with Gasteiger partial charge < -0.3 is 19.7 Å². The summed E-state index contributed by atoms with van der Waals surface area (Å²) in [4.78, 5) is 27.4. The number of likely N-dealkylation sites (N-methyl/N-ethyl adjacent to an activating group) is 1. The maximum atomic E-state index is 13.4. The van der Waals surface area contributed by atoms with Gasteiger partial charge in [-0.25, -0.2) is 12.4 Å². The van der Waals surface area contributed by atoms with Crippen molar-refractivity contribution in [3.8, 4) is 0 Å². The molecule has 1 aromatic heterocycles. The van der Waals surface area contributed by atoms with Gasteiger partial charge in [0.1, 0.15) is 0 Å². The molecule has 0 saturated carbocycles. The SMILES string of the molecule is CCN(CC(=O)NC1COC1)C(=O)c1ccc2c(c1)c1c(n2S(=O)(=O)CC)CCC(C2CCOCC2)C1. The number of benzene rings is 1. The lowest BCUT2D eigenvalue weighted by atomic mass is 9.75. The van der Waals surface area contributed by atoms with Crippen molar-refractivity contribution in [3.05, 3.63) is 35.0 Å². The van der Waals surface area contributed by atoms with Crippen LogP contribution in [0.5, 0.6) is 0 Å². The number of ether oxygens (including phenoxy) is 2. The lowest BCUT2D eigenvalue weighted by Gasteiger charge is -2.33. The first-order valence-electron chi connectivity index (χ1n) is 13.5. The van der Waals surface area contributed by atoms with Crippen molar-refractivity contribution in [2.24, 2.45) is 11.8 Å². The van der Waals surface area contributed by atoms with Crippen LogP contribution in [0, 0.1) is 11.8 Å². The molecular weight excluding hydrogens is 494 g/mol. The van der Waals surface area contributed by atoms with Gasteiger partial charge in [0.15, 0.2) is 0 Å². The quantitative estimate of drug-likeness (QED) is 0.561. The lowest BCUT2D eigenvalue weighted by molar-refractivity contribution is -0.125. The molecule has 10 heteroatoms. The Labute approximate surface area is 218 Å². The Bertz CT molecular complexity index is 1280. The molecule has 202 valence electrons. The number of rotatable bonds is 8. The summed E-state index contributed by atoms with van der Waals surface area (Å²) in [6.07, 6.45) is 4.56. The largest absolute Gasteiger partial charge is 0.381 e. The number of carbonyl (C=O) groups is 2. The molecule has 2 fully saturated rings. The minimum absolute atomic E-state index is 0.00753. The smallest absolute Gasteiger partial charge is 0.254 e. The van der Waals surface area contributed by atoms with Gasteiger partial charge in [0.25, 0.3) is 5.91 Å². The first-order chi connectivity index (χ1) is 17.8. The summed E-state index contributed by atoms with van der Waals surface area (Å²) >= 11 is 0. The molecule has 3 heterocycles. The zero-order chi connectivity index (χ0) is 26.2. The Hall–Kier alpha value is -2.43. The van der Waals surface area contributed by atoms with Crippen LogP contribution < -0.4 is 5.32 Å². The summed E-state index contributed by atoms with van der Waals surface area (Å²) in [5, 5.41) is 3.72. The van der Waals surface area contributed by atoms with E-state index >= 15 is 0 Å². The molecule has 9 nitrogen and oxygen atoms in total. The van der Waals surface area contributed by atoms with E-state index in [1.54, 1.807) is 19.1 Å². The Morgan fingerprint density at radius 1 is 1.08 bits per heavy atom. The molecule has 1 N–H and O–H groups in total. The molecule has 1 aromatic carbocycles. The van der Waals surface area contributed by atoms with Gasteiger partial charge >= 0.3 is 0 Å². The second-order valence-corrected chi connectivity index (χ2v) is 12.5. The zero-order valence-corrected chi connectivity index (χ0v) is 22.5. The van der Waals surface area contributed by atoms with E-state index in [1.165, 1.54) is 8.87 Å². The maximum absolute atomic E-state index is 13.4. The van der Waals surface area contributed by atoms with E-state index < -0.39 is 10.0 Å². The van der Waals surface area contributed by atoms with Gasteiger partial charge in [-0.05, 0) is 81.5 Å². The third-order valence-electron chi connectivity index (χ3n) is 8.18. The summed E-state index contributed by atoms with van der Waals surface area (Å²) < 4.78 is 38.5. The first-order valence-corrected chi connectivity index (χ1v) is 15.1. The van der Waals surface area contributed by atoms with Crippen molar-refractivity contribution in [1.82, 2.24) is 14.2 Å². The molecular formula is C27H37N3O6S. The van der Waals surface area contributed by atoms with Crippen molar-refractivity contribution in [3.63, 3.8) is 0 Å². The highest BCUT2D eigenvalue weighted by molar-refractivity contribution is 7.90. The van der Waals surface area contributed by atoms with Crippen LogP contribution in [0.15, 0.2) is 18.2 Å². The highest BCUT2D eigenvalue weighted by Gasteiger charge is 2.34. The summed E-state index contributed by atoms with van der Waals surface area (Å²) in [6.45, 7) is 6.44. The van der Waals surface area contributed by atoms with E-state index in [4.69, 9.17) is 9.47 Å². The number of fused-ring (bicyclic) bond motifs is 3. The van der Waals surface area contributed by atoms with Crippen LogP contribution in [0.2, 0.25) is 0 Å². The second kappa shape index (κ2) is 10.7. The molecule has 3 aliphatic rings. The molecule has 2 aromatic rings. The lowest BCUT2D eigenvalue weighted by Crippen LogP contribution is -2.51. The average Bonchev–Trinajstić information content (AvgIpc) is 3.23. The molecule has 5 rings (SSSR count). The predicted octanol–water partition coefficient (Wildman–Crippen LogP) is 2.35. The molecule has 1 unspecified atom stereocenters. The number of aromatic nitrogens is 1. The molecule has 2 saturated heterocycles. The summed E-state index contributed by atoms with van der Waals surface area (Å²) in [6, 6.07) is 5.30. The molecule has 1 aliphatic carbocycles. The topological polar surface area (TPSA) is 107 Å². The summed E-state index contributed by atoms with van der Waals surface area (Å²) in [5.74, 6) is 0.619. The van der Waals surface area contributed by atoms with Crippen LogP contribution in [-0.2, 0) is 37.1 Å². The fourth-order valence-electron chi connectivity index (χ4n) is 5.99. The van der Waals surface area contributed by atoms with Crippen LogP contribution in [0.1, 0.15) is 54.7 Å². The van der Waals surface area contributed by atoms with Gasteiger partial charge in [-0.15, -0.1) is 0 Å². The molecule has 0 spiro atoms. The number of hydrogen-bond donors (Lipinski definition) is 1. The molecule has 0 radical (unpaired) electrons. The maximum Gasteiger partial charge on any atom is 0.254 e. The van der Waals surface area contributed by atoms with Gasteiger partial charge in [-0.2, -0.15) is 0 Å². The van der Waals surface area contributed by atoms with Gasteiger partial charge in [0.05, 0.1) is 37.1 Å². The van der Waals surface area contributed by atoms with Crippen LogP contribution in [0.3, 0.4) is 0 Å². The van der Waals surface area contributed by atoms with Crippen molar-refractivity contribution in [1.29, 1.82) is 0 Å². The molecule has 2 amide bonds. The summed E-state index contributed by atoms with van der Waals surface area (Å²) in [7, 11) is -3.51. The van der Waals surface area contributed by atoms with E-state index in [-0.39, 0.29) is 30.2 Å². The fraction of sp³-hybridized carbons (Fsp3) is 0.630. The Kier molecular flexibility index (Phi) is 7.60. The fourth-order valence-corrected chi connectivity index (χ4v) is 7.24. The van der Waals surface area contributed by atoms with Crippen LogP contribution >= 0.6 is 0 Å². The van der Waals surface area contributed by atoms with E-state index in [2.05, 4.69) is 5.32 Å². The molecule has 0 bridgehead atoms. The first kappa shape index (κ1) is 26.2. The number of nitrogens with one attached hydrogen (secondary N) is 1. The second-order valence-electron chi connectivity index (χ2n) is 10.4. The van der Waals surface area contributed by atoms with Gasteiger partial charge in [0, 0.05) is 36.4 Å². The Balaban J connectivity index is 1.47. The van der Waals surface area contributed by atoms with Crippen LogP contribution in [0.25, 0.3) is 10.9 Å². The van der Waals surface area contributed by atoms with Gasteiger partial charge in [-0.3, -0.25) is 9.59 Å². The minimum atomic E-state index is -3.51. The molecule has 1 atom stereocenters. The zero-order valence-electron chi connectivity index (χ0n) is 21.7. The van der Waals surface area contributed by atoms with Crippen LogP contribution in [0.4, 0.5) is 0 Å². The van der Waals surface area contributed by atoms with E-state index in [1.807, 2.05) is 13.0 Å². The van der Waals surface area contributed by atoms with Crippen molar-refractivity contribution < 1.29 is 27.5 Å². The number of hydrogen-bond acceptors (Lipinski definition) is 6. The highest BCUT2D eigenvalue weighted by atomic mass is 32.2. The molecule has 37 heavy (non-hydrogen) atoms. The Morgan fingerprint density at radius 2 is 1.84 bits per heavy atom. The molecule has 2 aliphatic heterocycles. The van der Waals surface area contributed by atoms with Gasteiger partial charge in [0.2, 0.25) is 15.9 Å². The standard InChI is InChI=1S/C27H37N3O6S/c1-3-29(15-26(31)28-21-16-36-17-21)27(32)20-6-8-25-23(14-20)22-13-19(18-9-11-35-12-10-18)5-7-24(22)30(25)37(33,34)4-2/h6,8,14,18-19,21H,3-5,7,9-13,15-17H2,1-2H3,(H,28,31).